The van der Waals surface area contributed by atoms with Crippen molar-refractivity contribution in [2.75, 3.05) is 32.7 Å². The number of hydrogen-bond donors (Lipinski definition) is 1. The summed E-state index contributed by atoms with van der Waals surface area (Å²) in [6.45, 7) is 3.49. The Morgan fingerprint density at radius 1 is 1.29 bits per heavy atom. The van der Waals surface area contributed by atoms with Crippen molar-refractivity contribution < 1.29 is 9.59 Å². The number of nitrogens with zero attached hydrogens (tertiary/aromatic N) is 2. The largest absolute Gasteiger partial charge is 0.339 e. The second kappa shape index (κ2) is 6.00. The maximum absolute atomic E-state index is 12.0. The summed E-state index contributed by atoms with van der Waals surface area (Å²) >= 11 is 0. The number of piperazine rings is 1. The van der Waals surface area contributed by atoms with Gasteiger partial charge in [-0.3, -0.25) is 9.59 Å². The summed E-state index contributed by atoms with van der Waals surface area (Å²) in [6, 6.07) is 0.291. The van der Waals surface area contributed by atoms with Crippen LogP contribution in [0.1, 0.15) is 25.7 Å². The van der Waals surface area contributed by atoms with E-state index >= 15 is 0 Å². The molecule has 5 heteroatoms. The SMILES string of the molecule is O=CN(CC(=O)N1CCNCC1)C1CCCC1. The van der Waals surface area contributed by atoms with Gasteiger partial charge in [-0.15, -0.1) is 0 Å². The fourth-order valence-electron chi connectivity index (χ4n) is 2.66. The van der Waals surface area contributed by atoms with E-state index in [2.05, 4.69) is 5.32 Å². The number of nitrogens with one attached hydrogen (secondary N) is 1. The van der Waals surface area contributed by atoms with Crippen LogP contribution < -0.4 is 5.32 Å². The molecule has 1 heterocycles. The molecule has 1 saturated heterocycles. The molecule has 0 unspecified atom stereocenters. The van der Waals surface area contributed by atoms with Gasteiger partial charge in [0.05, 0.1) is 6.54 Å². The smallest absolute Gasteiger partial charge is 0.242 e. The molecule has 1 aliphatic carbocycles. The summed E-state index contributed by atoms with van der Waals surface area (Å²) in [5.74, 6) is 0.0884. The molecule has 2 amide bonds. The van der Waals surface area contributed by atoms with E-state index in [4.69, 9.17) is 0 Å². The van der Waals surface area contributed by atoms with Crippen LogP contribution in [0.5, 0.6) is 0 Å². The Morgan fingerprint density at radius 2 is 1.94 bits per heavy atom. The molecular weight excluding hydrogens is 218 g/mol. The van der Waals surface area contributed by atoms with Crippen LogP contribution in [0.3, 0.4) is 0 Å². The van der Waals surface area contributed by atoms with E-state index in [9.17, 15) is 9.59 Å². The summed E-state index contributed by atoms with van der Waals surface area (Å²) in [5.41, 5.74) is 0. The predicted molar refractivity (Wildman–Crippen MR) is 64.5 cm³/mol. The number of amides is 2. The molecule has 5 nitrogen and oxygen atoms in total. The van der Waals surface area contributed by atoms with E-state index in [1.807, 2.05) is 4.90 Å². The highest BCUT2D eigenvalue weighted by atomic mass is 16.2. The Hall–Kier alpha value is -1.10. The molecule has 2 rings (SSSR count). The molecule has 0 aromatic heterocycles. The maximum atomic E-state index is 12.0. The molecule has 0 spiro atoms. The highest BCUT2D eigenvalue weighted by molar-refractivity contribution is 5.80. The fourth-order valence-corrected chi connectivity index (χ4v) is 2.66. The Bertz CT molecular complexity index is 271. The first-order valence-electron chi connectivity index (χ1n) is 6.51. The van der Waals surface area contributed by atoms with Crippen molar-refractivity contribution in [1.82, 2.24) is 15.1 Å². The van der Waals surface area contributed by atoms with Gasteiger partial charge in [-0.05, 0) is 12.8 Å². The molecule has 17 heavy (non-hydrogen) atoms. The number of hydrogen-bond acceptors (Lipinski definition) is 3. The molecule has 0 aromatic rings. The van der Waals surface area contributed by atoms with Crippen LogP contribution in [0.4, 0.5) is 0 Å². The molecule has 0 radical (unpaired) electrons. The first kappa shape index (κ1) is 12.4. The molecule has 1 saturated carbocycles. The van der Waals surface area contributed by atoms with E-state index in [0.29, 0.717) is 6.04 Å². The first-order valence-corrected chi connectivity index (χ1v) is 6.51. The zero-order chi connectivity index (χ0) is 12.1. The number of rotatable bonds is 4. The van der Waals surface area contributed by atoms with E-state index in [1.165, 1.54) is 12.8 Å². The van der Waals surface area contributed by atoms with Gasteiger partial charge in [0.15, 0.2) is 0 Å². The normalized spacial score (nSPS) is 21.5. The monoisotopic (exact) mass is 239 g/mol. The van der Waals surface area contributed by atoms with Gasteiger partial charge in [-0.25, -0.2) is 0 Å². The lowest BCUT2D eigenvalue weighted by atomic mass is 10.2. The van der Waals surface area contributed by atoms with Crippen LogP contribution in [-0.4, -0.2) is 60.9 Å². The number of carbonyl (C=O) groups is 2. The molecule has 1 aliphatic heterocycles. The summed E-state index contributed by atoms with van der Waals surface area (Å²) in [6.07, 6.45) is 5.30. The van der Waals surface area contributed by atoms with Gasteiger partial charge >= 0.3 is 0 Å². The van der Waals surface area contributed by atoms with Crippen LogP contribution in [-0.2, 0) is 9.59 Å². The molecular formula is C12H21N3O2. The van der Waals surface area contributed by atoms with Gasteiger partial charge in [-0.2, -0.15) is 0 Å². The van der Waals surface area contributed by atoms with Crippen molar-refractivity contribution in [2.45, 2.75) is 31.7 Å². The third kappa shape index (κ3) is 3.19. The average Bonchev–Trinajstić information content (AvgIpc) is 2.90. The van der Waals surface area contributed by atoms with Crippen LogP contribution in [0.15, 0.2) is 0 Å². The van der Waals surface area contributed by atoms with Crippen molar-refractivity contribution >= 4 is 12.3 Å². The summed E-state index contributed by atoms with van der Waals surface area (Å²) < 4.78 is 0. The van der Waals surface area contributed by atoms with Crippen LogP contribution in [0.2, 0.25) is 0 Å². The summed E-state index contributed by atoms with van der Waals surface area (Å²) in [7, 11) is 0. The van der Waals surface area contributed by atoms with Gasteiger partial charge in [0.2, 0.25) is 12.3 Å². The Labute approximate surface area is 102 Å². The Kier molecular flexibility index (Phi) is 4.36. The highest BCUT2D eigenvalue weighted by Gasteiger charge is 2.25. The summed E-state index contributed by atoms with van der Waals surface area (Å²) in [4.78, 5) is 26.6. The van der Waals surface area contributed by atoms with E-state index in [0.717, 1.165) is 45.4 Å². The standard InChI is InChI=1S/C12H21N3O2/c16-10-15(11-3-1-2-4-11)9-12(17)14-7-5-13-6-8-14/h10-11,13H,1-9H2. The van der Waals surface area contributed by atoms with Gasteiger partial charge in [0.25, 0.3) is 0 Å². The van der Waals surface area contributed by atoms with E-state index in [-0.39, 0.29) is 12.5 Å². The Morgan fingerprint density at radius 3 is 2.53 bits per heavy atom. The second-order valence-electron chi connectivity index (χ2n) is 4.85. The average molecular weight is 239 g/mol. The van der Waals surface area contributed by atoms with E-state index in [1.54, 1.807) is 4.90 Å². The van der Waals surface area contributed by atoms with Crippen molar-refractivity contribution in [2.24, 2.45) is 0 Å². The minimum absolute atomic E-state index is 0.0884. The first-order chi connectivity index (χ1) is 8.31. The minimum atomic E-state index is 0.0884. The minimum Gasteiger partial charge on any atom is -0.339 e. The Balaban J connectivity index is 1.84. The fraction of sp³-hybridized carbons (Fsp3) is 0.833. The topological polar surface area (TPSA) is 52.7 Å². The molecule has 2 aliphatic rings. The second-order valence-corrected chi connectivity index (χ2v) is 4.85. The predicted octanol–water partition coefficient (Wildman–Crippen LogP) is -0.181. The highest BCUT2D eigenvalue weighted by Crippen LogP contribution is 2.22. The molecule has 1 N–H and O–H groups in total. The maximum Gasteiger partial charge on any atom is 0.242 e. The lowest BCUT2D eigenvalue weighted by molar-refractivity contribution is -0.137. The van der Waals surface area contributed by atoms with Gasteiger partial charge in [0, 0.05) is 32.2 Å². The van der Waals surface area contributed by atoms with Crippen molar-refractivity contribution in [3.8, 4) is 0 Å². The van der Waals surface area contributed by atoms with Gasteiger partial charge in [-0.1, -0.05) is 12.8 Å². The van der Waals surface area contributed by atoms with Gasteiger partial charge in [0.1, 0.15) is 0 Å². The zero-order valence-electron chi connectivity index (χ0n) is 10.2. The quantitative estimate of drug-likeness (QED) is 0.692. The third-order valence-corrected chi connectivity index (χ3v) is 3.72. The molecule has 0 atom stereocenters. The lowest BCUT2D eigenvalue weighted by Gasteiger charge is -2.31. The van der Waals surface area contributed by atoms with Crippen molar-refractivity contribution in [1.29, 1.82) is 0 Å². The van der Waals surface area contributed by atoms with Crippen LogP contribution in [0, 0.1) is 0 Å². The third-order valence-electron chi connectivity index (χ3n) is 3.72. The molecule has 96 valence electrons. The van der Waals surface area contributed by atoms with Crippen LogP contribution in [0.25, 0.3) is 0 Å². The number of carbonyl (C=O) groups excluding carboxylic acids is 2. The lowest BCUT2D eigenvalue weighted by Crippen LogP contribution is -2.50. The summed E-state index contributed by atoms with van der Waals surface area (Å²) in [5, 5.41) is 3.21. The van der Waals surface area contributed by atoms with Crippen LogP contribution >= 0.6 is 0 Å². The zero-order valence-corrected chi connectivity index (χ0v) is 10.2. The van der Waals surface area contributed by atoms with Gasteiger partial charge < -0.3 is 15.1 Å². The molecule has 2 fully saturated rings. The molecule has 0 bridgehead atoms. The van der Waals surface area contributed by atoms with Crippen molar-refractivity contribution in [3.05, 3.63) is 0 Å². The van der Waals surface area contributed by atoms with E-state index < -0.39 is 0 Å². The molecule has 0 aromatic carbocycles. The van der Waals surface area contributed by atoms with Crippen molar-refractivity contribution in [3.63, 3.8) is 0 Å².